The molecule has 0 aliphatic carbocycles. The Morgan fingerprint density at radius 2 is 1.17 bits per heavy atom. The van der Waals surface area contributed by atoms with Gasteiger partial charge < -0.3 is 14.9 Å². The van der Waals surface area contributed by atoms with Crippen LogP contribution in [0.25, 0.3) is 54.6 Å². The van der Waals surface area contributed by atoms with Crippen LogP contribution in [-0.4, -0.2) is 6.88 Å². The van der Waals surface area contributed by atoms with Crippen molar-refractivity contribution < 1.29 is 23.3 Å². The molecule has 0 unspecified atom stereocenters. The predicted octanol–water partition coefficient (Wildman–Crippen LogP) is 12.8. The summed E-state index contributed by atoms with van der Waals surface area (Å²) in [6, 6.07) is 40.2. The van der Waals surface area contributed by atoms with Gasteiger partial charge in [-0.3, -0.25) is 0 Å². The molecule has 0 amide bonds. The number of benzene rings is 5. The number of aryl methyl sites for hydroxylation is 5. The third kappa shape index (κ3) is 7.46. The molecule has 0 fully saturated rings. The Morgan fingerprint density at radius 1 is 0.565 bits per heavy atom. The van der Waals surface area contributed by atoms with Crippen molar-refractivity contribution in [2.75, 3.05) is 0 Å². The molecule has 7 aromatic rings. The van der Waals surface area contributed by atoms with Gasteiger partial charge in [-0.1, -0.05) is 111 Å². The molecule has 0 aliphatic heterocycles. The summed E-state index contributed by atoms with van der Waals surface area (Å²) in [5, 5.41) is 8.10. The molecular formula is C44H46SiZr-4. The van der Waals surface area contributed by atoms with Crippen molar-refractivity contribution in [1.82, 2.24) is 0 Å². The van der Waals surface area contributed by atoms with Crippen LogP contribution in [0.15, 0.2) is 109 Å². The fraction of sp³-hybridized carbons (Fsp3) is 0.182. The number of fused-ring (bicyclic) bond motifs is 3. The van der Waals surface area contributed by atoms with Crippen LogP contribution in [-0.2, 0) is 23.3 Å². The van der Waals surface area contributed by atoms with Crippen molar-refractivity contribution >= 4 is 39.2 Å². The van der Waals surface area contributed by atoms with E-state index in [9.17, 15) is 0 Å². The van der Waals surface area contributed by atoms with Crippen LogP contribution >= 0.6 is 0 Å². The summed E-state index contributed by atoms with van der Waals surface area (Å²) in [6.07, 6.45) is 0. The molecule has 2 radical (unpaired) electrons. The summed E-state index contributed by atoms with van der Waals surface area (Å²) in [5.74, 6) is 0.563. The van der Waals surface area contributed by atoms with E-state index in [1.165, 1.54) is 111 Å². The maximum absolute atomic E-state index is 3.06. The number of rotatable bonds is 3. The van der Waals surface area contributed by atoms with Crippen molar-refractivity contribution in [2.45, 2.75) is 54.4 Å². The third-order valence-electron chi connectivity index (χ3n) is 8.72. The summed E-state index contributed by atoms with van der Waals surface area (Å²) in [6.45, 7) is 18.6. The average Bonchev–Trinajstić information content (AvgIpc) is 3.63. The van der Waals surface area contributed by atoms with Crippen molar-refractivity contribution in [1.29, 1.82) is 0 Å². The van der Waals surface area contributed by atoms with Crippen molar-refractivity contribution in [3.8, 4) is 22.3 Å². The summed E-state index contributed by atoms with van der Waals surface area (Å²) < 4.78 is 0. The Labute approximate surface area is 294 Å². The van der Waals surface area contributed by atoms with Crippen molar-refractivity contribution in [3.05, 3.63) is 157 Å². The molecule has 2 heteroatoms. The quantitative estimate of drug-likeness (QED) is 0.128. The zero-order valence-electron chi connectivity index (χ0n) is 29.0. The standard InChI is InChI=1S/C22H19.C20H21.2CH3.Si.Zr/c1-15(2)18-13-17-9-6-12-21(22(17)14-18)20-11-5-8-16-7-3-4-10-19(16)20;1-12-8-15(4)20(16(5)9-12)17-7-6-14(3)18-10-13(2)11-19(17)18;;;;/h3-15H,1-2H3;6-11H,1-5H3;2*1H3;;/q4*-1;;. The van der Waals surface area contributed by atoms with E-state index in [1.807, 2.05) is 0 Å². The number of hydrogen-bond acceptors (Lipinski definition) is 0. The van der Waals surface area contributed by atoms with E-state index in [-0.39, 0.29) is 14.9 Å². The fourth-order valence-corrected chi connectivity index (χ4v) is 6.70. The van der Waals surface area contributed by atoms with Crippen molar-refractivity contribution in [2.24, 2.45) is 0 Å². The van der Waals surface area contributed by atoms with Gasteiger partial charge in [0.05, 0.1) is 0 Å². The molecular weight excluding hydrogens is 648 g/mol. The molecule has 0 bridgehead atoms. The van der Waals surface area contributed by atoms with Gasteiger partial charge in [0.15, 0.2) is 0 Å². The van der Waals surface area contributed by atoms with Crippen LogP contribution < -0.4 is 0 Å². The van der Waals surface area contributed by atoms with Gasteiger partial charge in [0, 0.05) is 0 Å². The van der Waals surface area contributed by atoms with E-state index in [1.54, 1.807) is 0 Å². The molecule has 0 aromatic heterocycles. The zero-order chi connectivity index (χ0) is 31.5. The average molecular weight is 694 g/mol. The molecule has 0 nitrogen and oxygen atoms in total. The van der Waals surface area contributed by atoms with Gasteiger partial charge in [0.2, 0.25) is 0 Å². The van der Waals surface area contributed by atoms with Crippen LogP contribution in [0.1, 0.15) is 53.1 Å². The summed E-state index contributed by atoms with van der Waals surface area (Å²) in [4.78, 5) is 0. The second-order valence-corrected chi connectivity index (χ2v) is 12.3. The number of hydrogen-bond donors (Lipinski definition) is 0. The normalized spacial score (nSPS) is 10.5. The molecule has 0 saturated carbocycles. The van der Waals surface area contributed by atoms with Crippen LogP contribution in [0.4, 0.5) is 0 Å². The molecule has 234 valence electrons. The van der Waals surface area contributed by atoms with Gasteiger partial charge in [0.1, 0.15) is 0 Å². The Morgan fingerprint density at radius 3 is 1.85 bits per heavy atom. The van der Waals surface area contributed by atoms with Gasteiger partial charge in [-0.25, -0.2) is 0 Å². The molecule has 46 heavy (non-hydrogen) atoms. The summed E-state index contributed by atoms with van der Waals surface area (Å²) in [7, 11) is 0. The fourth-order valence-electron chi connectivity index (χ4n) is 6.70. The topological polar surface area (TPSA) is 0 Å². The van der Waals surface area contributed by atoms with Gasteiger partial charge in [0.25, 0.3) is 0 Å². The Kier molecular flexibility index (Phi) is 12.9. The second kappa shape index (κ2) is 16.0. The monoisotopic (exact) mass is 692 g/mol. The molecule has 0 saturated heterocycles. The minimum absolute atomic E-state index is 0. The maximum atomic E-state index is 3.06. The predicted molar refractivity (Wildman–Crippen MR) is 204 cm³/mol. The molecule has 0 spiro atoms. The van der Waals surface area contributed by atoms with E-state index in [2.05, 4.69) is 165 Å². The first kappa shape index (κ1) is 37.1. The molecule has 0 heterocycles. The minimum atomic E-state index is 0. The molecule has 7 rings (SSSR count). The van der Waals surface area contributed by atoms with Crippen LogP contribution in [0.2, 0.25) is 0 Å². The first-order valence-electron chi connectivity index (χ1n) is 15.4. The Hall–Kier alpha value is -3.32. The summed E-state index contributed by atoms with van der Waals surface area (Å²) in [5.41, 5.74) is 13.6. The molecule has 0 N–H and O–H groups in total. The third-order valence-corrected chi connectivity index (χ3v) is 8.72. The van der Waals surface area contributed by atoms with Crippen LogP contribution in [0.3, 0.4) is 0 Å². The molecule has 0 aliphatic rings. The van der Waals surface area contributed by atoms with Crippen LogP contribution in [0, 0.1) is 49.5 Å². The summed E-state index contributed by atoms with van der Waals surface area (Å²) >= 11 is 1.36. The Bertz CT molecular complexity index is 2060. The van der Waals surface area contributed by atoms with E-state index >= 15 is 0 Å². The van der Waals surface area contributed by atoms with E-state index in [0.717, 1.165) is 0 Å². The zero-order valence-corrected chi connectivity index (χ0v) is 32.4. The van der Waals surface area contributed by atoms with E-state index in [0.29, 0.717) is 5.92 Å². The van der Waals surface area contributed by atoms with Gasteiger partial charge in [-0.2, -0.15) is 12.1 Å². The van der Waals surface area contributed by atoms with E-state index < -0.39 is 0 Å². The van der Waals surface area contributed by atoms with Gasteiger partial charge in [-0.05, 0) is 59.7 Å². The van der Waals surface area contributed by atoms with Gasteiger partial charge in [-0.15, -0.1) is 68.6 Å². The SMILES string of the molecule is CC(C)c1cc2c(-c3cccc4ccccc34)cccc2[cH-]1.Cc1cc(C)c(-c2ccc(C)c3[cH-]c(C)cc23)c(C)c1.[CH3-].[CH3-].[Si]=[Zr]. The van der Waals surface area contributed by atoms with Gasteiger partial charge >= 0.3 is 30.2 Å². The first-order valence-corrected chi connectivity index (χ1v) is 19.6. The van der Waals surface area contributed by atoms with E-state index in [4.69, 9.17) is 0 Å². The molecule has 7 aromatic carbocycles. The van der Waals surface area contributed by atoms with Crippen LogP contribution in [0.5, 0.6) is 0 Å². The van der Waals surface area contributed by atoms with Crippen molar-refractivity contribution in [3.63, 3.8) is 0 Å². The molecule has 0 atom stereocenters. The Balaban J connectivity index is 0.000000229. The first-order chi connectivity index (χ1) is 21.2. The second-order valence-electron chi connectivity index (χ2n) is 12.3.